The molecule has 0 unspecified atom stereocenters. The van der Waals surface area contributed by atoms with Gasteiger partial charge in [-0.05, 0) is 37.7 Å². The van der Waals surface area contributed by atoms with Crippen molar-refractivity contribution in [1.29, 1.82) is 0 Å². The summed E-state index contributed by atoms with van der Waals surface area (Å²) in [4.78, 5) is 43.5. The van der Waals surface area contributed by atoms with Crippen LogP contribution in [-0.2, 0) is 24.2 Å². The molecule has 0 radical (unpaired) electrons. The maximum absolute atomic E-state index is 13.2. The minimum Gasteiger partial charge on any atom is -0.341 e. The van der Waals surface area contributed by atoms with Crippen LogP contribution < -0.4 is 16.2 Å². The third-order valence-corrected chi connectivity index (χ3v) is 7.05. The predicted octanol–water partition coefficient (Wildman–Crippen LogP) is 2.71. The number of imide groups is 1. The van der Waals surface area contributed by atoms with E-state index in [2.05, 4.69) is 24.1 Å². The standard InChI is InChI=1S/C19H24N4O3S2/c1-5-8-23-17(25)14-12-7-6-10(2)9-13(12)28-16(14)22-19(23)27-11(3)15(24)21-18(26)20-4/h5,10-11H,1,6-9H2,2-4H3,(H2,20,21,24,26)/t10-,11+/m1/s1. The van der Waals surface area contributed by atoms with E-state index in [1.807, 2.05) is 0 Å². The van der Waals surface area contributed by atoms with Crippen LogP contribution in [0.15, 0.2) is 22.6 Å². The molecular weight excluding hydrogens is 396 g/mol. The average molecular weight is 421 g/mol. The van der Waals surface area contributed by atoms with Crippen molar-refractivity contribution < 1.29 is 9.59 Å². The van der Waals surface area contributed by atoms with Crippen molar-refractivity contribution in [2.24, 2.45) is 5.92 Å². The summed E-state index contributed by atoms with van der Waals surface area (Å²) < 4.78 is 1.56. The Morgan fingerprint density at radius 2 is 2.25 bits per heavy atom. The largest absolute Gasteiger partial charge is 0.341 e. The van der Waals surface area contributed by atoms with E-state index in [9.17, 15) is 14.4 Å². The van der Waals surface area contributed by atoms with E-state index in [0.29, 0.717) is 23.0 Å². The quantitative estimate of drug-likeness (QED) is 0.441. The number of hydrogen-bond acceptors (Lipinski definition) is 6. The lowest BCUT2D eigenvalue weighted by Crippen LogP contribution is -2.41. The van der Waals surface area contributed by atoms with Gasteiger partial charge in [0.25, 0.3) is 5.56 Å². The van der Waals surface area contributed by atoms with E-state index in [0.717, 1.165) is 41.4 Å². The Kier molecular flexibility index (Phi) is 6.24. The van der Waals surface area contributed by atoms with Crippen molar-refractivity contribution in [2.75, 3.05) is 7.05 Å². The van der Waals surface area contributed by atoms with Gasteiger partial charge in [0.15, 0.2) is 5.16 Å². The molecule has 2 N–H and O–H groups in total. The number of amides is 3. The smallest absolute Gasteiger partial charge is 0.321 e. The van der Waals surface area contributed by atoms with Gasteiger partial charge in [0.1, 0.15) is 4.83 Å². The number of thioether (sulfide) groups is 1. The molecule has 0 bridgehead atoms. The van der Waals surface area contributed by atoms with Crippen LogP contribution in [0.5, 0.6) is 0 Å². The molecule has 1 aliphatic carbocycles. The van der Waals surface area contributed by atoms with Crippen LogP contribution in [0.1, 0.15) is 30.7 Å². The zero-order chi connectivity index (χ0) is 20.4. The first kappa shape index (κ1) is 20.6. The molecule has 3 rings (SSSR count). The Morgan fingerprint density at radius 1 is 1.50 bits per heavy atom. The number of urea groups is 1. The number of hydrogen-bond donors (Lipinski definition) is 2. The molecule has 0 fully saturated rings. The van der Waals surface area contributed by atoms with Crippen LogP contribution in [0, 0.1) is 5.92 Å². The zero-order valence-corrected chi connectivity index (χ0v) is 17.8. The number of rotatable bonds is 5. The molecule has 2 atom stereocenters. The van der Waals surface area contributed by atoms with Crippen LogP contribution in [0.4, 0.5) is 4.79 Å². The summed E-state index contributed by atoms with van der Waals surface area (Å²) in [6.07, 6.45) is 4.60. The highest BCUT2D eigenvalue weighted by Gasteiger charge is 2.26. The molecule has 9 heteroatoms. The van der Waals surface area contributed by atoms with Gasteiger partial charge in [-0.3, -0.25) is 19.5 Å². The maximum Gasteiger partial charge on any atom is 0.321 e. The molecular formula is C19H24N4O3S2. The lowest BCUT2D eigenvalue weighted by molar-refractivity contribution is -0.119. The van der Waals surface area contributed by atoms with Gasteiger partial charge < -0.3 is 5.32 Å². The SMILES string of the molecule is C=CCn1c(S[C@@H](C)C(=O)NC(=O)NC)nc2sc3c(c2c1=O)CC[C@@H](C)C3. The normalized spacial score (nSPS) is 17.0. The highest BCUT2D eigenvalue weighted by Crippen LogP contribution is 2.36. The van der Waals surface area contributed by atoms with Crippen molar-refractivity contribution in [2.45, 2.75) is 50.1 Å². The Morgan fingerprint density at radius 3 is 2.93 bits per heavy atom. The highest BCUT2D eigenvalue weighted by molar-refractivity contribution is 8.00. The second-order valence-corrected chi connectivity index (χ2v) is 9.35. The van der Waals surface area contributed by atoms with E-state index in [4.69, 9.17) is 4.98 Å². The molecule has 0 aromatic carbocycles. The topological polar surface area (TPSA) is 93.1 Å². The molecule has 0 spiro atoms. The predicted molar refractivity (Wildman–Crippen MR) is 113 cm³/mol. The molecule has 150 valence electrons. The summed E-state index contributed by atoms with van der Waals surface area (Å²) >= 11 is 2.74. The fourth-order valence-electron chi connectivity index (χ4n) is 3.27. The second kappa shape index (κ2) is 8.48. The molecule has 7 nitrogen and oxygen atoms in total. The van der Waals surface area contributed by atoms with Gasteiger partial charge in [0.05, 0.1) is 10.6 Å². The van der Waals surface area contributed by atoms with Crippen LogP contribution in [0.2, 0.25) is 0 Å². The van der Waals surface area contributed by atoms with Crippen molar-refractivity contribution in [3.05, 3.63) is 33.4 Å². The van der Waals surface area contributed by atoms with Gasteiger partial charge in [-0.2, -0.15) is 0 Å². The molecule has 0 saturated heterocycles. The number of nitrogens with zero attached hydrogens (tertiary/aromatic N) is 2. The summed E-state index contributed by atoms with van der Waals surface area (Å²) in [5.41, 5.74) is 1.05. The van der Waals surface area contributed by atoms with E-state index in [1.54, 1.807) is 28.9 Å². The number of nitrogens with one attached hydrogen (secondary N) is 2. The summed E-state index contributed by atoms with van der Waals surface area (Å²) in [5, 5.41) is 5.18. The number of carbonyl (C=O) groups excluding carboxylic acids is 2. The average Bonchev–Trinajstić information content (AvgIpc) is 3.01. The molecule has 28 heavy (non-hydrogen) atoms. The third-order valence-electron chi connectivity index (χ3n) is 4.81. The summed E-state index contributed by atoms with van der Waals surface area (Å²) in [6.45, 7) is 7.96. The van der Waals surface area contributed by atoms with E-state index < -0.39 is 17.2 Å². The van der Waals surface area contributed by atoms with Crippen molar-refractivity contribution in [3.8, 4) is 0 Å². The van der Waals surface area contributed by atoms with Crippen molar-refractivity contribution in [3.63, 3.8) is 0 Å². The van der Waals surface area contributed by atoms with Gasteiger partial charge in [-0.15, -0.1) is 17.9 Å². The molecule has 3 amide bonds. The molecule has 2 aromatic rings. The summed E-state index contributed by atoms with van der Waals surface area (Å²) in [5.74, 6) is 0.168. The van der Waals surface area contributed by atoms with Crippen LogP contribution in [0.3, 0.4) is 0 Å². The first-order chi connectivity index (χ1) is 13.3. The van der Waals surface area contributed by atoms with Crippen molar-refractivity contribution >= 4 is 45.3 Å². The third kappa shape index (κ3) is 4.00. The molecule has 0 saturated carbocycles. The van der Waals surface area contributed by atoms with Crippen molar-refractivity contribution in [1.82, 2.24) is 20.2 Å². The number of allylic oxidation sites excluding steroid dienone is 1. The summed E-state index contributed by atoms with van der Waals surface area (Å²) in [7, 11) is 1.44. The van der Waals surface area contributed by atoms with E-state index in [1.165, 1.54) is 11.9 Å². The minimum atomic E-state index is -0.590. The Balaban J connectivity index is 2.01. The summed E-state index contributed by atoms with van der Waals surface area (Å²) in [6, 6.07) is -0.565. The molecule has 1 aliphatic rings. The van der Waals surface area contributed by atoms with Crippen LogP contribution in [0.25, 0.3) is 10.2 Å². The number of aromatic nitrogens is 2. The van der Waals surface area contributed by atoms with Gasteiger partial charge in [0, 0.05) is 18.5 Å². The Hall–Kier alpha value is -2.13. The van der Waals surface area contributed by atoms with Gasteiger partial charge in [-0.1, -0.05) is 24.8 Å². The number of carbonyl (C=O) groups is 2. The first-order valence-corrected chi connectivity index (χ1v) is 10.9. The van der Waals surface area contributed by atoms with Crippen LogP contribution >= 0.6 is 23.1 Å². The monoisotopic (exact) mass is 420 g/mol. The van der Waals surface area contributed by atoms with Crippen LogP contribution in [-0.4, -0.2) is 33.8 Å². The first-order valence-electron chi connectivity index (χ1n) is 9.20. The fourth-order valence-corrected chi connectivity index (χ4v) is 5.61. The lowest BCUT2D eigenvalue weighted by atomic mass is 9.89. The number of thiophene rings is 1. The van der Waals surface area contributed by atoms with Gasteiger partial charge in [-0.25, -0.2) is 9.78 Å². The lowest BCUT2D eigenvalue weighted by Gasteiger charge is -2.18. The Labute approximate surface area is 171 Å². The highest BCUT2D eigenvalue weighted by atomic mass is 32.2. The molecule has 2 heterocycles. The second-order valence-electron chi connectivity index (χ2n) is 6.96. The maximum atomic E-state index is 13.2. The molecule has 2 aromatic heterocycles. The fraction of sp³-hybridized carbons (Fsp3) is 0.474. The van der Waals surface area contributed by atoms with Gasteiger partial charge in [0.2, 0.25) is 5.91 Å². The minimum absolute atomic E-state index is 0.0848. The number of aryl methyl sites for hydroxylation is 1. The Bertz CT molecular complexity index is 995. The van der Waals surface area contributed by atoms with E-state index in [-0.39, 0.29) is 5.56 Å². The molecule has 0 aliphatic heterocycles. The zero-order valence-electron chi connectivity index (χ0n) is 16.2. The van der Waals surface area contributed by atoms with Gasteiger partial charge >= 0.3 is 6.03 Å². The number of fused-ring (bicyclic) bond motifs is 3. The van der Waals surface area contributed by atoms with E-state index >= 15 is 0 Å².